The van der Waals surface area contributed by atoms with E-state index in [1.807, 2.05) is 78.3 Å². The molecule has 0 spiro atoms. The molecule has 4 N–H and O–H groups in total. The lowest BCUT2D eigenvalue weighted by Crippen LogP contribution is -2.32. The van der Waals surface area contributed by atoms with Crippen molar-refractivity contribution >= 4 is 62.2 Å². The number of carbonyl (C=O) groups is 2. The van der Waals surface area contributed by atoms with Crippen LogP contribution in [-0.4, -0.2) is 97.6 Å². The summed E-state index contributed by atoms with van der Waals surface area (Å²) in [4.78, 5) is 28.0. The van der Waals surface area contributed by atoms with E-state index in [-0.39, 0.29) is 5.56 Å². The molecule has 0 saturated heterocycles. The van der Waals surface area contributed by atoms with E-state index in [0.29, 0.717) is 68.3 Å². The predicted octanol–water partition coefficient (Wildman–Crippen LogP) is 7.66. The first-order valence-electron chi connectivity index (χ1n) is 18.7. The van der Waals surface area contributed by atoms with E-state index in [1.165, 1.54) is 29.5 Å². The summed E-state index contributed by atoms with van der Waals surface area (Å²) in [5.41, 5.74) is 1.43. The molecule has 0 aliphatic carbocycles. The number of hydrogen-bond acceptors (Lipinski definition) is 11. The zero-order chi connectivity index (χ0) is 42.6. The molecule has 5 rings (SSSR count). The Morgan fingerprint density at radius 3 is 2.36 bits per heavy atom. The summed E-state index contributed by atoms with van der Waals surface area (Å²) in [6.45, 7) is 3.45. The Labute approximate surface area is 352 Å². The maximum atomic E-state index is 14.7. The molecule has 0 saturated carbocycles. The van der Waals surface area contributed by atoms with E-state index in [1.54, 1.807) is 12.1 Å². The monoisotopic (exact) mass is 873 g/mol. The minimum Gasteiger partial charge on any atom is -0.465 e. The number of thioether (sulfide) groups is 1. The van der Waals surface area contributed by atoms with Crippen LogP contribution in [0.4, 0.5) is 24.5 Å². The Bertz CT molecular complexity index is 2190. The highest BCUT2D eigenvalue weighted by Crippen LogP contribution is 2.40. The molecule has 0 unspecified atom stereocenters. The van der Waals surface area contributed by atoms with Crippen molar-refractivity contribution in [3.8, 4) is 0 Å². The molecular formula is C42H47ClF3N5O6S2. The van der Waals surface area contributed by atoms with Crippen molar-refractivity contribution in [2.75, 3.05) is 77.0 Å². The van der Waals surface area contributed by atoms with Crippen LogP contribution < -0.4 is 20.7 Å². The Kier molecular flexibility index (Phi) is 16.3. The van der Waals surface area contributed by atoms with Crippen LogP contribution in [0.25, 0.3) is 5.57 Å². The molecule has 11 nitrogen and oxygen atoms in total. The van der Waals surface area contributed by atoms with Gasteiger partial charge in [-0.3, -0.25) is 4.79 Å². The van der Waals surface area contributed by atoms with Crippen molar-refractivity contribution in [1.82, 2.24) is 14.9 Å². The third-order valence-corrected chi connectivity index (χ3v) is 12.1. The predicted molar refractivity (Wildman–Crippen MR) is 227 cm³/mol. The first kappa shape index (κ1) is 45.5. The first-order valence-corrected chi connectivity index (χ1v) is 21.6. The number of nitrogens with zero attached hydrogens (tertiary/aromatic N) is 1. The number of sulfonamides is 1. The van der Waals surface area contributed by atoms with Gasteiger partial charge in [0.05, 0.1) is 42.0 Å². The van der Waals surface area contributed by atoms with Crippen LogP contribution in [0.5, 0.6) is 0 Å². The second kappa shape index (κ2) is 21.1. The van der Waals surface area contributed by atoms with Crippen molar-refractivity contribution in [2.24, 2.45) is 0 Å². The van der Waals surface area contributed by atoms with Gasteiger partial charge in [0.25, 0.3) is 15.9 Å². The highest BCUT2D eigenvalue weighted by Gasteiger charge is 2.39. The number of halogens is 4. The molecule has 0 aromatic heterocycles. The Morgan fingerprint density at radius 1 is 0.983 bits per heavy atom. The lowest BCUT2D eigenvalue weighted by Gasteiger charge is -2.26. The van der Waals surface area contributed by atoms with Gasteiger partial charge in [0, 0.05) is 52.6 Å². The number of esters is 1. The van der Waals surface area contributed by atoms with E-state index < -0.39 is 55.8 Å². The normalized spacial score (nSPS) is 13.9. The van der Waals surface area contributed by atoms with Crippen LogP contribution in [0.15, 0.2) is 106 Å². The van der Waals surface area contributed by atoms with E-state index in [9.17, 15) is 31.2 Å². The third-order valence-electron chi connectivity index (χ3n) is 9.34. The molecule has 4 aromatic rings. The summed E-state index contributed by atoms with van der Waals surface area (Å²) in [6, 6.07) is 23.6. The molecule has 0 radical (unpaired) electrons. The van der Waals surface area contributed by atoms with Crippen molar-refractivity contribution in [2.45, 2.75) is 34.9 Å². The van der Waals surface area contributed by atoms with E-state index >= 15 is 0 Å². The van der Waals surface area contributed by atoms with Crippen LogP contribution in [0.1, 0.15) is 44.7 Å². The number of methoxy groups -OCH3 is 1. The minimum absolute atomic E-state index is 0.0570. The smallest absolute Gasteiger partial charge is 0.418 e. The zero-order valence-corrected chi connectivity index (χ0v) is 35.2. The number of nitrogens with one attached hydrogen (secondary N) is 4. The van der Waals surface area contributed by atoms with Gasteiger partial charge in [-0.2, -0.15) is 13.2 Å². The molecule has 17 heteroatoms. The Morgan fingerprint density at radius 2 is 1.69 bits per heavy atom. The maximum Gasteiger partial charge on any atom is 0.418 e. The third kappa shape index (κ3) is 13.2. The molecule has 0 bridgehead atoms. The van der Waals surface area contributed by atoms with Gasteiger partial charge < -0.3 is 30.3 Å². The highest BCUT2D eigenvalue weighted by atomic mass is 35.5. The van der Waals surface area contributed by atoms with E-state index in [0.717, 1.165) is 35.6 Å². The van der Waals surface area contributed by atoms with Crippen LogP contribution >= 0.6 is 23.4 Å². The fraction of sp³-hybridized carbons (Fsp3) is 0.333. The number of benzene rings is 4. The molecular weight excluding hydrogens is 827 g/mol. The molecule has 4 aromatic carbocycles. The number of anilines is 2. The van der Waals surface area contributed by atoms with Gasteiger partial charge in [-0.1, -0.05) is 41.9 Å². The fourth-order valence-corrected chi connectivity index (χ4v) is 8.40. The zero-order valence-electron chi connectivity index (χ0n) is 32.8. The summed E-state index contributed by atoms with van der Waals surface area (Å²) < 4.78 is 83.6. The van der Waals surface area contributed by atoms with Crippen LogP contribution in [0.2, 0.25) is 5.02 Å². The van der Waals surface area contributed by atoms with Gasteiger partial charge in [-0.15, -0.1) is 11.8 Å². The van der Waals surface area contributed by atoms with Gasteiger partial charge >= 0.3 is 12.1 Å². The number of alkyl halides is 3. The summed E-state index contributed by atoms with van der Waals surface area (Å²) in [5.74, 6) is -1.93. The maximum absolute atomic E-state index is 14.7. The van der Waals surface area contributed by atoms with E-state index in [2.05, 4.69) is 16.0 Å². The second-order valence-electron chi connectivity index (χ2n) is 13.9. The number of amides is 1. The van der Waals surface area contributed by atoms with Gasteiger partial charge in [-0.25, -0.2) is 17.9 Å². The van der Waals surface area contributed by atoms with Crippen molar-refractivity contribution < 1.29 is 40.7 Å². The Balaban J connectivity index is 1.26. The summed E-state index contributed by atoms with van der Waals surface area (Å²) >= 11 is 7.48. The molecule has 1 aliphatic heterocycles. The number of rotatable bonds is 19. The second-order valence-corrected chi connectivity index (χ2v) is 17.2. The fourth-order valence-electron chi connectivity index (χ4n) is 6.25. The van der Waals surface area contributed by atoms with Crippen molar-refractivity contribution in [3.05, 3.63) is 124 Å². The molecule has 59 heavy (non-hydrogen) atoms. The Hall–Kier alpha value is -4.58. The molecule has 1 amide bonds. The SMILES string of the molecule is COC(=O)c1cc(S(=O)(=O)NC(=O)c2ccc(NCCNCC3=C(c4ccc(Cl)cc4)CCOC3)cc2)cc(C(F)(F)F)c1N[C@H](CCN(C)C)CSc1ccccc1. The topological polar surface area (TPSA) is 138 Å². The van der Waals surface area contributed by atoms with Crippen LogP contribution in [-0.2, 0) is 25.7 Å². The molecule has 1 atom stereocenters. The molecule has 1 aliphatic rings. The number of hydrogen-bond donors (Lipinski definition) is 4. The van der Waals surface area contributed by atoms with Gasteiger partial charge in [-0.05, 0) is 111 Å². The average molecular weight is 874 g/mol. The van der Waals surface area contributed by atoms with Crippen LogP contribution in [0, 0.1) is 0 Å². The van der Waals surface area contributed by atoms with Crippen molar-refractivity contribution in [3.63, 3.8) is 0 Å². The lowest BCUT2D eigenvalue weighted by molar-refractivity contribution is -0.137. The summed E-state index contributed by atoms with van der Waals surface area (Å²) in [5, 5.41) is 10.2. The van der Waals surface area contributed by atoms with Crippen molar-refractivity contribution in [1.29, 1.82) is 0 Å². The van der Waals surface area contributed by atoms with Gasteiger partial charge in [0.2, 0.25) is 0 Å². The standard InChI is InChI=1S/C42H47ClF3N5O6S2/c1-51(2)21-17-33(27-58-34-7-5-4-6-8-34)49-39-37(41(53)56-3)23-35(24-38(39)42(44,45)46)59(54,55)50-40(52)29-11-15-32(16-12-29)48-20-19-47-25-30-26-57-22-18-36(30)28-9-13-31(43)14-10-28/h4-16,23-24,33,47-49H,17-22,25-27H2,1-3H3,(H,50,52)/t33-/m1/s1. The largest absolute Gasteiger partial charge is 0.465 e. The van der Waals surface area contributed by atoms with Crippen LogP contribution in [0.3, 0.4) is 0 Å². The molecule has 1 heterocycles. The quantitative estimate of drug-likeness (QED) is 0.0420. The van der Waals surface area contributed by atoms with Gasteiger partial charge in [0.1, 0.15) is 0 Å². The number of ether oxygens (including phenoxy) is 2. The average Bonchev–Trinajstić information content (AvgIpc) is 3.21. The highest BCUT2D eigenvalue weighted by molar-refractivity contribution is 7.99. The number of carbonyl (C=O) groups excluding carboxylic acids is 2. The molecule has 0 fully saturated rings. The summed E-state index contributed by atoms with van der Waals surface area (Å²) in [7, 11) is -0.284. The van der Waals surface area contributed by atoms with E-state index in [4.69, 9.17) is 21.1 Å². The summed E-state index contributed by atoms with van der Waals surface area (Å²) in [6.07, 6.45) is -3.90. The lowest BCUT2D eigenvalue weighted by atomic mass is 9.96. The molecule has 316 valence electrons. The first-order chi connectivity index (χ1) is 28.1. The minimum atomic E-state index is -5.10. The van der Waals surface area contributed by atoms with Gasteiger partial charge in [0.15, 0.2) is 0 Å².